The number of esters is 1. The summed E-state index contributed by atoms with van der Waals surface area (Å²) in [5.41, 5.74) is 2.79. The third-order valence-electron chi connectivity index (χ3n) is 3.77. The molecule has 0 aromatic heterocycles. The second-order valence-corrected chi connectivity index (χ2v) is 5.84. The Morgan fingerprint density at radius 1 is 1.04 bits per heavy atom. The van der Waals surface area contributed by atoms with Gasteiger partial charge in [0.2, 0.25) is 0 Å². The van der Waals surface area contributed by atoms with Gasteiger partial charge in [0.1, 0.15) is 5.75 Å². The maximum Gasteiger partial charge on any atom is 0.306 e. The summed E-state index contributed by atoms with van der Waals surface area (Å²) in [6.45, 7) is 3.54. The number of ether oxygens (including phenoxy) is 2. The third kappa shape index (κ3) is 5.95. The van der Waals surface area contributed by atoms with Crippen LogP contribution in [-0.2, 0) is 20.7 Å². The van der Waals surface area contributed by atoms with Crippen LogP contribution < -0.4 is 10.1 Å². The molecule has 1 N–H and O–H groups in total. The maximum absolute atomic E-state index is 12.1. The molecule has 0 saturated carbocycles. The van der Waals surface area contributed by atoms with E-state index in [0.717, 1.165) is 16.9 Å². The lowest BCUT2D eigenvalue weighted by atomic mass is 10.1. The molecule has 0 bridgehead atoms. The highest BCUT2D eigenvalue weighted by Crippen LogP contribution is 2.13. The van der Waals surface area contributed by atoms with E-state index in [1.54, 1.807) is 14.0 Å². The van der Waals surface area contributed by atoms with Gasteiger partial charge in [0.25, 0.3) is 5.91 Å². The summed E-state index contributed by atoms with van der Waals surface area (Å²) in [5.74, 6) is 0.0248. The Kier molecular flexibility index (Phi) is 6.57. The van der Waals surface area contributed by atoms with Crippen LogP contribution >= 0.6 is 0 Å². The molecule has 1 atom stereocenters. The molecule has 0 aliphatic rings. The molecule has 2 aromatic carbocycles. The monoisotopic (exact) mass is 341 g/mol. The van der Waals surface area contributed by atoms with Crippen LogP contribution in [-0.4, -0.2) is 25.1 Å². The van der Waals surface area contributed by atoms with Gasteiger partial charge in [-0.3, -0.25) is 9.59 Å². The number of amides is 1. The van der Waals surface area contributed by atoms with Crippen LogP contribution in [0.25, 0.3) is 0 Å². The molecular formula is C20H23NO4. The molecule has 25 heavy (non-hydrogen) atoms. The van der Waals surface area contributed by atoms with Crippen molar-refractivity contribution in [1.82, 2.24) is 0 Å². The summed E-state index contributed by atoms with van der Waals surface area (Å²) in [4.78, 5) is 24.0. The molecular weight excluding hydrogens is 318 g/mol. The number of methoxy groups -OCH3 is 1. The number of carbonyl (C=O) groups excluding carboxylic acids is 2. The lowest BCUT2D eigenvalue weighted by Crippen LogP contribution is -2.30. The number of rotatable bonds is 7. The Labute approximate surface area is 148 Å². The molecule has 0 aliphatic carbocycles. The predicted octanol–water partition coefficient (Wildman–Crippen LogP) is 3.51. The van der Waals surface area contributed by atoms with Gasteiger partial charge >= 0.3 is 5.97 Å². The largest absolute Gasteiger partial charge is 0.497 e. The minimum atomic E-state index is -0.843. The third-order valence-corrected chi connectivity index (χ3v) is 3.77. The summed E-state index contributed by atoms with van der Waals surface area (Å²) in [6.07, 6.45) is -0.0754. The SMILES string of the molecule is COc1ccc(CCC(=O)OC(C)C(=O)Nc2ccc(C)cc2)cc1. The molecule has 0 saturated heterocycles. The average molecular weight is 341 g/mol. The van der Waals surface area contributed by atoms with Crippen molar-refractivity contribution in [3.05, 3.63) is 59.7 Å². The normalized spacial score (nSPS) is 11.5. The molecule has 0 heterocycles. The van der Waals surface area contributed by atoms with Gasteiger partial charge in [-0.05, 0) is 50.1 Å². The van der Waals surface area contributed by atoms with Crippen LogP contribution in [0.15, 0.2) is 48.5 Å². The molecule has 2 rings (SSSR count). The highest BCUT2D eigenvalue weighted by atomic mass is 16.5. The lowest BCUT2D eigenvalue weighted by Gasteiger charge is -2.13. The molecule has 0 spiro atoms. The maximum atomic E-state index is 12.1. The molecule has 132 valence electrons. The molecule has 2 aromatic rings. The zero-order chi connectivity index (χ0) is 18.2. The minimum Gasteiger partial charge on any atom is -0.497 e. The van der Waals surface area contributed by atoms with Crippen LogP contribution in [0, 0.1) is 6.92 Å². The van der Waals surface area contributed by atoms with E-state index >= 15 is 0 Å². The quantitative estimate of drug-likeness (QED) is 0.783. The fourth-order valence-corrected chi connectivity index (χ4v) is 2.23. The van der Waals surface area contributed by atoms with E-state index in [9.17, 15) is 9.59 Å². The van der Waals surface area contributed by atoms with Crippen LogP contribution in [0.5, 0.6) is 5.75 Å². The van der Waals surface area contributed by atoms with Crippen molar-refractivity contribution < 1.29 is 19.1 Å². The van der Waals surface area contributed by atoms with Gasteiger partial charge in [-0.25, -0.2) is 0 Å². The van der Waals surface area contributed by atoms with Crippen LogP contribution in [0.1, 0.15) is 24.5 Å². The van der Waals surface area contributed by atoms with Gasteiger partial charge in [-0.15, -0.1) is 0 Å². The van der Waals surface area contributed by atoms with Crippen molar-refractivity contribution in [1.29, 1.82) is 0 Å². The van der Waals surface area contributed by atoms with Gasteiger partial charge in [0, 0.05) is 12.1 Å². The van der Waals surface area contributed by atoms with Crippen molar-refractivity contribution >= 4 is 17.6 Å². The summed E-state index contributed by atoms with van der Waals surface area (Å²) in [5, 5.41) is 2.73. The fourth-order valence-electron chi connectivity index (χ4n) is 2.23. The van der Waals surface area contributed by atoms with E-state index in [1.165, 1.54) is 0 Å². The molecule has 1 amide bonds. The Hall–Kier alpha value is -2.82. The first-order chi connectivity index (χ1) is 12.0. The van der Waals surface area contributed by atoms with E-state index < -0.39 is 12.1 Å². The Morgan fingerprint density at radius 2 is 1.68 bits per heavy atom. The van der Waals surface area contributed by atoms with E-state index in [-0.39, 0.29) is 12.3 Å². The molecule has 0 aliphatic heterocycles. The van der Waals surface area contributed by atoms with Gasteiger partial charge in [-0.1, -0.05) is 29.8 Å². The number of nitrogens with one attached hydrogen (secondary N) is 1. The van der Waals surface area contributed by atoms with Gasteiger partial charge in [0.05, 0.1) is 7.11 Å². The molecule has 5 heteroatoms. The summed E-state index contributed by atoms with van der Waals surface area (Å²) >= 11 is 0. The Balaban J connectivity index is 1.78. The Bertz CT molecular complexity index is 707. The van der Waals surface area contributed by atoms with E-state index in [1.807, 2.05) is 55.5 Å². The predicted molar refractivity (Wildman–Crippen MR) is 96.7 cm³/mol. The van der Waals surface area contributed by atoms with E-state index in [4.69, 9.17) is 9.47 Å². The van der Waals surface area contributed by atoms with Crippen molar-refractivity contribution in [2.75, 3.05) is 12.4 Å². The van der Waals surface area contributed by atoms with Gasteiger partial charge < -0.3 is 14.8 Å². The number of hydrogen-bond donors (Lipinski definition) is 1. The summed E-state index contributed by atoms with van der Waals surface area (Å²) in [6, 6.07) is 14.9. The van der Waals surface area contributed by atoms with E-state index in [2.05, 4.69) is 5.32 Å². The first-order valence-corrected chi connectivity index (χ1v) is 8.18. The fraction of sp³-hybridized carbons (Fsp3) is 0.300. The second-order valence-electron chi connectivity index (χ2n) is 5.84. The number of hydrogen-bond acceptors (Lipinski definition) is 4. The number of anilines is 1. The zero-order valence-corrected chi connectivity index (χ0v) is 14.7. The average Bonchev–Trinajstić information content (AvgIpc) is 2.62. The smallest absolute Gasteiger partial charge is 0.306 e. The highest BCUT2D eigenvalue weighted by molar-refractivity contribution is 5.95. The van der Waals surface area contributed by atoms with Crippen molar-refractivity contribution in [2.24, 2.45) is 0 Å². The zero-order valence-electron chi connectivity index (χ0n) is 14.7. The summed E-state index contributed by atoms with van der Waals surface area (Å²) in [7, 11) is 1.61. The molecule has 1 unspecified atom stereocenters. The topological polar surface area (TPSA) is 64.6 Å². The molecule has 5 nitrogen and oxygen atoms in total. The molecule has 0 fully saturated rings. The first-order valence-electron chi connectivity index (χ1n) is 8.18. The Morgan fingerprint density at radius 3 is 2.28 bits per heavy atom. The van der Waals surface area contributed by atoms with Crippen LogP contribution in [0.4, 0.5) is 5.69 Å². The highest BCUT2D eigenvalue weighted by Gasteiger charge is 2.17. The van der Waals surface area contributed by atoms with Crippen LogP contribution in [0.2, 0.25) is 0 Å². The van der Waals surface area contributed by atoms with Gasteiger partial charge in [-0.2, -0.15) is 0 Å². The van der Waals surface area contributed by atoms with Crippen molar-refractivity contribution in [2.45, 2.75) is 32.8 Å². The lowest BCUT2D eigenvalue weighted by molar-refractivity contribution is -0.153. The van der Waals surface area contributed by atoms with Crippen molar-refractivity contribution in [3.8, 4) is 5.75 Å². The van der Waals surface area contributed by atoms with E-state index in [0.29, 0.717) is 12.1 Å². The summed E-state index contributed by atoms with van der Waals surface area (Å²) < 4.78 is 10.3. The number of carbonyl (C=O) groups is 2. The van der Waals surface area contributed by atoms with Crippen molar-refractivity contribution in [3.63, 3.8) is 0 Å². The standard InChI is InChI=1S/C20H23NO4/c1-14-4-9-17(10-5-14)21-20(23)15(2)25-19(22)13-8-16-6-11-18(24-3)12-7-16/h4-7,9-12,15H,8,13H2,1-3H3,(H,21,23). The molecule has 0 radical (unpaired) electrons. The minimum absolute atomic E-state index is 0.217. The number of aryl methyl sites for hydroxylation is 2. The second kappa shape index (κ2) is 8.87. The number of benzene rings is 2. The van der Waals surface area contributed by atoms with Gasteiger partial charge in [0.15, 0.2) is 6.10 Å². The van der Waals surface area contributed by atoms with Crippen LogP contribution in [0.3, 0.4) is 0 Å². The first kappa shape index (κ1) is 18.5.